The van der Waals surface area contributed by atoms with E-state index in [-0.39, 0.29) is 5.56 Å². The average molecular weight is 275 g/mol. The SMILES string of the molecule is O=C(O)c1cccnc1C=Cc1cccc2ccccc12. The van der Waals surface area contributed by atoms with E-state index >= 15 is 0 Å². The zero-order chi connectivity index (χ0) is 14.7. The predicted molar refractivity (Wildman–Crippen MR) is 84.1 cm³/mol. The summed E-state index contributed by atoms with van der Waals surface area (Å²) >= 11 is 0. The third kappa shape index (κ3) is 2.67. The summed E-state index contributed by atoms with van der Waals surface area (Å²) in [6, 6.07) is 17.3. The number of rotatable bonds is 3. The number of hydrogen-bond acceptors (Lipinski definition) is 2. The maximum Gasteiger partial charge on any atom is 0.337 e. The van der Waals surface area contributed by atoms with Gasteiger partial charge in [-0.15, -0.1) is 0 Å². The van der Waals surface area contributed by atoms with Gasteiger partial charge in [0.25, 0.3) is 0 Å². The van der Waals surface area contributed by atoms with Gasteiger partial charge in [0.1, 0.15) is 0 Å². The lowest BCUT2D eigenvalue weighted by Gasteiger charge is -2.02. The Morgan fingerprint density at radius 2 is 1.76 bits per heavy atom. The van der Waals surface area contributed by atoms with E-state index in [2.05, 4.69) is 17.1 Å². The molecule has 3 heteroatoms. The molecule has 102 valence electrons. The third-order valence-corrected chi connectivity index (χ3v) is 3.31. The van der Waals surface area contributed by atoms with Crippen molar-refractivity contribution in [1.82, 2.24) is 4.98 Å². The number of carboxylic acids is 1. The van der Waals surface area contributed by atoms with Crippen molar-refractivity contribution < 1.29 is 9.90 Å². The second-order valence-corrected chi connectivity index (χ2v) is 4.64. The summed E-state index contributed by atoms with van der Waals surface area (Å²) in [5.41, 5.74) is 1.70. The van der Waals surface area contributed by atoms with Crippen LogP contribution < -0.4 is 0 Å². The van der Waals surface area contributed by atoms with E-state index in [1.807, 2.05) is 36.4 Å². The fraction of sp³-hybridized carbons (Fsp3) is 0. The molecule has 0 unspecified atom stereocenters. The summed E-state index contributed by atoms with van der Waals surface area (Å²) in [7, 11) is 0. The van der Waals surface area contributed by atoms with Crippen LogP contribution in [-0.4, -0.2) is 16.1 Å². The lowest BCUT2D eigenvalue weighted by atomic mass is 10.0. The molecule has 0 fully saturated rings. The molecule has 3 nitrogen and oxygen atoms in total. The Hall–Kier alpha value is -2.94. The predicted octanol–water partition coefficient (Wildman–Crippen LogP) is 4.10. The van der Waals surface area contributed by atoms with Crippen LogP contribution in [0.3, 0.4) is 0 Å². The van der Waals surface area contributed by atoms with Crippen molar-refractivity contribution in [3.05, 3.63) is 77.6 Å². The lowest BCUT2D eigenvalue weighted by Crippen LogP contribution is -2.00. The number of pyridine rings is 1. The Morgan fingerprint density at radius 1 is 0.952 bits per heavy atom. The van der Waals surface area contributed by atoms with Gasteiger partial charge in [-0.1, -0.05) is 48.5 Å². The van der Waals surface area contributed by atoms with Gasteiger partial charge < -0.3 is 5.11 Å². The molecule has 0 atom stereocenters. The van der Waals surface area contributed by atoms with Crippen LogP contribution in [0.5, 0.6) is 0 Å². The van der Waals surface area contributed by atoms with Gasteiger partial charge in [-0.25, -0.2) is 4.79 Å². The number of carboxylic acid groups (broad SMARTS) is 1. The molecule has 1 N–H and O–H groups in total. The summed E-state index contributed by atoms with van der Waals surface area (Å²) in [6.45, 7) is 0. The van der Waals surface area contributed by atoms with Gasteiger partial charge in [0.2, 0.25) is 0 Å². The molecule has 1 aromatic heterocycles. The average Bonchev–Trinajstić information content (AvgIpc) is 2.53. The van der Waals surface area contributed by atoms with Crippen molar-refractivity contribution in [2.75, 3.05) is 0 Å². The van der Waals surface area contributed by atoms with E-state index in [1.165, 1.54) is 0 Å². The van der Waals surface area contributed by atoms with Crippen LogP contribution in [0.4, 0.5) is 0 Å². The van der Waals surface area contributed by atoms with Crippen LogP contribution in [0.15, 0.2) is 60.8 Å². The first-order chi connectivity index (χ1) is 10.3. The normalized spacial score (nSPS) is 11.0. The van der Waals surface area contributed by atoms with Crippen molar-refractivity contribution in [1.29, 1.82) is 0 Å². The molecule has 2 aromatic carbocycles. The molecular weight excluding hydrogens is 262 g/mol. The van der Waals surface area contributed by atoms with Crippen LogP contribution in [0, 0.1) is 0 Å². The summed E-state index contributed by atoms with van der Waals surface area (Å²) in [5.74, 6) is -0.972. The lowest BCUT2D eigenvalue weighted by molar-refractivity contribution is 0.0696. The summed E-state index contributed by atoms with van der Waals surface area (Å²) in [6.07, 6.45) is 5.23. The van der Waals surface area contributed by atoms with Crippen molar-refractivity contribution in [2.24, 2.45) is 0 Å². The van der Waals surface area contributed by atoms with Crippen molar-refractivity contribution in [3.8, 4) is 0 Å². The minimum Gasteiger partial charge on any atom is -0.478 e. The molecule has 1 heterocycles. The van der Waals surface area contributed by atoms with Crippen molar-refractivity contribution in [2.45, 2.75) is 0 Å². The molecule has 21 heavy (non-hydrogen) atoms. The van der Waals surface area contributed by atoms with Crippen molar-refractivity contribution >= 4 is 28.9 Å². The zero-order valence-corrected chi connectivity index (χ0v) is 11.2. The van der Waals surface area contributed by atoms with Crippen LogP contribution in [0.25, 0.3) is 22.9 Å². The van der Waals surface area contributed by atoms with E-state index in [0.717, 1.165) is 16.3 Å². The van der Waals surface area contributed by atoms with Crippen LogP contribution >= 0.6 is 0 Å². The standard InChI is InChI=1S/C18H13NO2/c20-18(21)16-9-4-12-19-17(16)11-10-14-7-3-6-13-5-1-2-8-15(13)14/h1-12H,(H,20,21). The fourth-order valence-electron chi connectivity index (χ4n) is 2.30. The van der Waals surface area contributed by atoms with Gasteiger partial charge in [-0.05, 0) is 34.5 Å². The summed E-state index contributed by atoms with van der Waals surface area (Å²) in [5, 5.41) is 11.4. The van der Waals surface area contributed by atoms with Crippen molar-refractivity contribution in [3.63, 3.8) is 0 Å². The van der Waals surface area contributed by atoms with Gasteiger partial charge in [0.05, 0.1) is 11.3 Å². The molecule has 0 radical (unpaired) electrons. The number of aromatic nitrogens is 1. The molecule has 0 bridgehead atoms. The largest absolute Gasteiger partial charge is 0.478 e. The smallest absolute Gasteiger partial charge is 0.337 e. The van der Waals surface area contributed by atoms with Gasteiger partial charge in [-0.2, -0.15) is 0 Å². The van der Waals surface area contributed by atoms with E-state index in [4.69, 9.17) is 5.11 Å². The molecule has 0 spiro atoms. The van der Waals surface area contributed by atoms with Gasteiger partial charge in [0.15, 0.2) is 0 Å². The first-order valence-corrected chi connectivity index (χ1v) is 6.60. The topological polar surface area (TPSA) is 50.2 Å². The minimum atomic E-state index is -0.972. The third-order valence-electron chi connectivity index (χ3n) is 3.31. The number of nitrogens with zero attached hydrogens (tertiary/aromatic N) is 1. The number of carbonyl (C=O) groups is 1. The molecule has 3 aromatic rings. The Labute approximate surface area is 122 Å². The van der Waals surface area contributed by atoms with E-state index < -0.39 is 5.97 Å². The number of hydrogen-bond donors (Lipinski definition) is 1. The number of fused-ring (bicyclic) bond motifs is 1. The van der Waals surface area contributed by atoms with Gasteiger partial charge in [-0.3, -0.25) is 4.98 Å². The van der Waals surface area contributed by atoms with E-state index in [9.17, 15) is 4.79 Å². The first kappa shape index (κ1) is 13.1. The Morgan fingerprint density at radius 3 is 2.62 bits per heavy atom. The molecule has 0 aliphatic rings. The highest BCUT2D eigenvalue weighted by atomic mass is 16.4. The quantitative estimate of drug-likeness (QED) is 0.782. The molecule has 0 saturated carbocycles. The molecule has 0 saturated heterocycles. The summed E-state index contributed by atoms with van der Waals surface area (Å²) in [4.78, 5) is 15.3. The highest BCUT2D eigenvalue weighted by Gasteiger charge is 2.07. The first-order valence-electron chi connectivity index (χ1n) is 6.60. The second-order valence-electron chi connectivity index (χ2n) is 4.64. The molecule has 0 amide bonds. The van der Waals surface area contributed by atoms with Crippen LogP contribution in [0.2, 0.25) is 0 Å². The zero-order valence-electron chi connectivity index (χ0n) is 11.2. The van der Waals surface area contributed by atoms with Crippen LogP contribution in [0.1, 0.15) is 21.6 Å². The highest BCUT2D eigenvalue weighted by Crippen LogP contribution is 2.20. The number of aromatic carboxylic acids is 1. The molecule has 0 aliphatic heterocycles. The molecular formula is C18H13NO2. The van der Waals surface area contributed by atoms with E-state index in [1.54, 1.807) is 24.4 Å². The summed E-state index contributed by atoms with van der Waals surface area (Å²) < 4.78 is 0. The van der Waals surface area contributed by atoms with E-state index in [0.29, 0.717) is 5.69 Å². The Bertz CT molecular complexity index is 832. The van der Waals surface area contributed by atoms with Gasteiger partial charge >= 0.3 is 5.97 Å². The second kappa shape index (κ2) is 5.59. The number of benzene rings is 2. The Balaban J connectivity index is 2.05. The maximum absolute atomic E-state index is 11.2. The van der Waals surface area contributed by atoms with Gasteiger partial charge in [0, 0.05) is 6.20 Å². The van der Waals surface area contributed by atoms with Crippen LogP contribution in [-0.2, 0) is 0 Å². The molecule has 3 rings (SSSR count). The maximum atomic E-state index is 11.2. The Kier molecular flexibility index (Phi) is 3.48. The fourth-order valence-corrected chi connectivity index (χ4v) is 2.30. The highest BCUT2D eigenvalue weighted by molar-refractivity contribution is 5.95. The molecule has 0 aliphatic carbocycles. The minimum absolute atomic E-state index is 0.203. The monoisotopic (exact) mass is 275 g/mol.